The number of carbonyl (C=O) groups is 4. The van der Waals surface area contributed by atoms with Gasteiger partial charge in [-0.1, -0.05) is 48.5 Å². The molecule has 0 atom stereocenters. The lowest BCUT2D eigenvalue weighted by Crippen LogP contribution is -2.51. The van der Waals surface area contributed by atoms with Crippen molar-refractivity contribution >= 4 is 34.8 Å². The van der Waals surface area contributed by atoms with E-state index in [9.17, 15) is 19.2 Å². The smallest absolute Gasteiger partial charge is 0.281 e. The number of nitrogens with one attached hydrogen (secondary N) is 2. The number of hydrogen-bond donors (Lipinski definition) is 2. The number of anilines is 2. The Kier molecular flexibility index (Phi) is 8.45. The number of para-hydroxylation sites is 2. The summed E-state index contributed by atoms with van der Waals surface area (Å²) in [5, 5.41) is 5.53. The van der Waals surface area contributed by atoms with Crippen molar-refractivity contribution < 1.29 is 28.3 Å². The maximum atomic E-state index is 13.6. The summed E-state index contributed by atoms with van der Waals surface area (Å²) in [6.07, 6.45) is 6.44. The Balaban J connectivity index is 1.41. The van der Waals surface area contributed by atoms with E-state index < -0.39 is 23.4 Å². The Labute approximate surface area is 242 Å². The minimum absolute atomic E-state index is 0.118. The average Bonchev–Trinajstić information content (AvgIpc) is 3.03. The maximum Gasteiger partial charge on any atom is 0.281 e. The van der Waals surface area contributed by atoms with Gasteiger partial charge < -0.3 is 20.2 Å². The van der Waals surface area contributed by atoms with E-state index in [1.54, 1.807) is 110 Å². The van der Waals surface area contributed by atoms with E-state index in [2.05, 4.69) is 10.6 Å². The van der Waals surface area contributed by atoms with Gasteiger partial charge in [-0.05, 0) is 59.7 Å². The molecule has 0 aliphatic heterocycles. The number of benzene rings is 3. The molecule has 0 saturated heterocycles. The Morgan fingerprint density at radius 1 is 0.429 bits per heavy atom. The minimum atomic E-state index is -0.587. The monoisotopic (exact) mass is 554 g/mol. The first-order chi connectivity index (χ1) is 20.5. The van der Waals surface area contributed by atoms with Gasteiger partial charge in [-0.15, -0.1) is 24.3 Å². The van der Waals surface area contributed by atoms with E-state index in [0.717, 1.165) is 0 Å². The van der Waals surface area contributed by atoms with Gasteiger partial charge in [-0.2, -0.15) is 0 Å². The topological polar surface area (TPSA) is 100 Å². The lowest BCUT2D eigenvalue weighted by atomic mass is 9.97. The summed E-state index contributed by atoms with van der Waals surface area (Å²) in [6.45, 7) is 0. The van der Waals surface area contributed by atoms with Gasteiger partial charge in [0.2, 0.25) is 12.1 Å². The van der Waals surface area contributed by atoms with Crippen LogP contribution in [0.15, 0.2) is 146 Å². The number of ketones is 2. The van der Waals surface area contributed by atoms with E-state index >= 15 is 0 Å². The number of Topliss-reactive ketones (excluding diaryl/α,β-unsaturated/α-hetero) is 2. The molecule has 2 N–H and O–H groups in total. The molecule has 0 saturated carbocycles. The second kappa shape index (κ2) is 12.9. The van der Waals surface area contributed by atoms with Crippen LogP contribution in [0.1, 0.15) is 20.7 Å². The third kappa shape index (κ3) is 6.40. The largest absolute Gasteiger partial charge is 0.325 e. The highest BCUT2D eigenvalue weighted by atomic mass is 16.2. The molecule has 0 aliphatic carbocycles. The van der Waals surface area contributed by atoms with Crippen LogP contribution in [0.3, 0.4) is 0 Å². The Morgan fingerprint density at radius 2 is 0.738 bits per heavy atom. The van der Waals surface area contributed by atoms with Crippen molar-refractivity contribution in [1.29, 1.82) is 0 Å². The van der Waals surface area contributed by atoms with Crippen molar-refractivity contribution in [1.82, 2.24) is 0 Å². The molecule has 0 fully saturated rings. The van der Waals surface area contributed by atoms with Gasteiger partial charge in [0.25, 0.3) is 11.8 Å². The lowest BCUT2D eigenvalue weighted by Gasteiger charge is -2.19. The molecular formula is C34H26N4O4. The van der Waals surface area contributed by atoms with Gasteiger partial charge >= 0.3 is 0 Å². The van der Waals surface area contributed by atoms with Crippen LogP contribution in [0.5, 0.6) is 0 Å². The van der Waals surface area contributed by atoms with Crippen LogP contribution in [0.4, 0.5) is 11.4 Å². The summed E-state index contributed by atoms with van der Waals surface area (Å²) in [6, 6.07) is 33.7. The fourth-order valence-electron chi connectivity index (χ4n) is 4.24. The zero-order valence-electron chi connectivity index (χ0n) is 22.4. The third-order valence-electron chi connectivity index (χ3n) is 6.28. The molecule has 0 spiro atoms. The summed E-state index contributed by atoms with van der Waals surface area (Å²) < 4.78 is 2.90. The molecule has 5 rings (SSSR count). The first-order valence-corrected chi connectivity index (χ1v) is 13.1. The van der Waals surface area contributed by atoms with Gasteiger partial charge in [0.15, 0.2) is 11.6 Å². The van der Waals surface area contributed by atoms with Crippen LogP contribution in [-0.4, -0.2) is 23.4 Å². The number of pyridine rings is 2. The first kappa shape index (κ1) is 27.5. The highest BCUT2D eigenvalue weighted by Crippen LogP contribution is 2.17. The highest BCUT2D eigenvalue weighted by Gasteiger charge is 2.33. The van der Waals surface area contributed by atoms with Gasteiger partial charge in [0.1, 0.15) is 0 Å². The molecule has 0 radical (unpaired) electrons. The molecule has 0 unspecified atom stereocenters. The van der Waals surface area contributed by atoms with Crippen molar-refractivity contribution in [3.63, 3.8) is 0 Å². The highest BCUT2D eigenvalue weighted by molar-refractivity contribution is 6.25. The standard InChI is InChI=1S/C34H26N4O4/c39-31(29(37-21-9-3-10-22-37)33(41)35-27-13-5-1-6-14-27)25-17-19-26(20-18-25)32(40)30(38-23-11-4-12-24-38)34(42)36-28-15-7-2-8-16-28/h1-24H,(H,35,41)(H,36,42). The molecular weight excluding hydrogens is 528 g/mol. The van der Waals surface area contributed by atoms with Gasteiger partial charge in [-0.3, -0.25) is 18.7 Å². The first-order valence-electron chi connectivity index (χ1n) is 13.1. The summed E-state index contributed by atoms with van der Waals surface area (Å²) in [7, 11) is 0. The number of rotatable bonds is 10. The normalized spacial score (nSPS) is 10.3. The summed E-state index contributed by atoms with van der Waals surface area (Å²) >= 11 is 0. The Morgan fingerprint density at radius 3 is 1.07 bits per heavy atom. The predicted molar refractivity (Wildman–Crippen MR) is 156 cm³/mol. The molecule has 8 nitrogen and oxygen atoms in total. The molecule has 42 heavy (non-hydrogen) atoms. The zero-order chi connectivity index (χ0) is 29.3. The molecule has 5 aromatic rings. The van der Waals surface area contributed by atoms with Gasteiger partial charge in [0.05, 0.1) is 24.8 Å². The minimum Gasteiger partial charge on any atom is -0.325 e. The van der Waals surface area contributed by atoms with E-state index in [0.29, 0.717) is 11.4 Å². The van der Waals surface area contributed by atoms with E-state index in [-0.39, 0.29) is 23.2 Å². The quantitative estimate of drug-likeness (QED) is 0.118. The molecule has 3 aromatic carbocycles. The summed E-state index contributed by atoms with van der Waals surface area (Å²) in [4.78, 5) is 53.9. The average molecular weight is 555 g/mol. The van der Waals surface area contributed by atoms with Crippen LogP contribution in [-0.2, 0) is 9.59 Å². The van der Waals surface area contributed by atoms with Crippen molar-refractivity contribution in [3.05, 3.63) is 169 Å². The van der Waals surface area contributed by atoms with Gasteiger partial charge in [0, 0.05) is 11.4 Å². The fraction of sp³-hybridized carbons (Fsp3) is 0. The summed E-state index contributed by atoms with van der Waals surface area (Å²) in [5.41, 5.74) is 1.48. The van der Waals surface area contributed by atoms with Crippen molar-refractivity contribution in [2.75, 3.05) is 10.6 Å². The molecule has 0 bridgehead atoms. The third-order valence-corrected chi connectivity index (χ3v) is 6.28. The fourth-order valence-corrected chi connectivity index (χ4v) is 4.24. The van der Waals surface area contributed by atoms with Crippen molar-refractivity contribution in [2.24, 2.45) is 0 Å². The SMILES string of the molecule is O=C(Nc1ccccc1)[C-](C(=O)c1ccc(C(=O)[C-](C(=O)Nc2ccccc2)[n+]2ccccc2)cc1)[n+]1ccccc1. The van der Waals surface area contributed by atoms with E-state index in [4.69, 9.17) is 0 Å². The molecule has 2 heterocycles. The predicted octanol–water partition coefficient (Wildman–Crippen LogP) is 4.06. The molecule has 0 aliphatic rings. The van der Waals surface area contributed by atoms with Crippen LogP contribution >= 0.6 is 0 Å². The van der Waals surface area contributed by atoms with Crippen molar-refractivity contribution in [3.8, 4) is 0 Å². The van der Waals surface area contributed by atoms with Crippen LogP contribution in [0, 0.1) is 12.1 Å². The second-order valence-electron chi connectivity index (χ2n) is 9.14. The van der Waals surface area contributed by atoms with Crippen molar-refractivity contribution in [2.45, 2.75) is 0 Å². The van der Waals surface area contributed by atoms with Crippen LogP contribution in [0.2, 0.25) is 0 Å². The van der Waals surface area contributed by atoms with E-state index in [1.165, 1.54) is 33.4 Å². The Hall–Kier alpha value is -6.02. The van der Waals surface area contributed by atoms with E-state index in [1.807, 2.05) is 12.1 Å². The van der Waals surface area contributed by atoms with Crippen LogP contribution < -0.4 is 19.8 Å². The number of amides is 2. The lowest BCUT2D eigenvalue weighted by molar-refractivity contribution is -0.639. The zero-order valence-corrected chi connectivity index (χ0v) is 22.4. The maximum absolute atomic E-state index is 13.6. The Bertz CT molecular complexity index is 1550. The van der Waals surface area contributed by atoms with Gasteiger partial charge in [-0.25, -0.2) is 0 Å². The number of nitrogens with zero attached hydrogens (tertiary/aromatic N) is 2. The molecule has 2 aromatic heterocycles. The number of carbonyl (C=O) groups excluding carboxylic acids is 4. The number of aromatic nitrogens is 2. The molecule has 206 valence electrons. The second-order valence-corrected chi connectivity index (χ2v) is 9.14. The summed E-state index contributed by atoms with van der Waals surface area (Å²) in [5.74, 6) is -2.25. The molecule has 8 heteroatoms. The number of hydrogen-bond acceptors (Lipinski definition) is 4. The van der Waals surface area contributed by atoms with Crippen LogP contribution in [0.25, 0.3) is 0 Å². The molecule has 2 amide bonds.